The van der Waals surface area contributed by atoms with Crippen molar-refractivity contribution < 1.29 is 27.1 Å². The molecule has 40 heavy (non-hydrogen) atoms. The normalized spacial score (nSPS) is 14.4. The van der Waals surface area contributed by atoms with Gasteiger partial charge in [0.2, 0.25) is 5.89 Å². The van der Waals surface area contributed by atoms with E-state index in [-0.39, 0.29) is 23.2 Å². The van der Waals surface area contributed by atoms with Gasteiger partial charge in [0.05, 0.1) is 30.2 Å². The van der Waals surface area contributed by atoms with Gasteiger partial charge in [0, 0.05) is 32.6 Å². The predicted octanol–water partition coefficient (Wildman–Crippen LogP) is 4.22. The predicted molar refractivity (Wildman–Crippen MR) is 141 cm³/mol. The van der Waals surface area contributed by atoms with Crippen LogP contribution in [0.15, 0.2) is 70.4 Å². The average molecular weight is 573 g/mol. The molecule has 4 aromatic rings. The van der Waals surface area contributed by atoms with Gasteiger partial charge in [-0.2, -0.15) is 13.2 Å². The number of aromatic nitrogens is 4. The molecule has 0 unspecified atom stereocenters. The van der Waals surface area contributed by atoms with E-state index in [2.05, 4.69) is 25.4 Å². The lowest BCUT2D eigenvalue weighted by molar-refractivity contribution is -0.137. The van der Waals surface area contributed by atoms with Crippen molar-refractivity contribution in [2.24, 2.45) is 0 Å². The SMILES string of the molecule is O=C(NCCN1CCOCC1)c1coc(CSc2nnc(Cc3ccccc3)n2-c2cccc(C(F)(F)F)c2)n1. The van der Waals surface area contributed by atoms with Crippen molar-refractivity contribution in [2.45, 2.75) is 23.5 Å². The Morgan fingerprint density at radius 2 is 1.85 bits per heavy atom. The molecule has 1 amide bonds. The van der Waals surface area contributed by atoms with Crippen molar-refractivity contribution in [3.63, 3.8) is 0 Å². The van der Waals surface area contributed by atoms with Gasteiger partial charge in [-0.25, -0.2) is 4.98 Å². The van der Waals surface area contributed by atoms with Crippen LogP contribution < -0.4 is 5.32 Å². The minimum absolute atomic E-state index is 0.154. The molecular formula is C27H27F3N6O3S. The second-order valence-corrected chi connectivity index (χ2v) is 10.0. The quantitative estimate of drug-likeness (QED) is 0.282. The Labute approximate surface area is 232 Å². The first-order valence-electron chi connectivity index (χ1n) is 12.7. The third kappa shape index (κ3) is 7.09. The summed E-state index contributed by atoms with van der Waals surface area (Å²) in [6, 6.07) is 14.5. The maximum absolute atomic E-state index is 13.5. The van der Waals surface area contributed by atoms with E-state index in [4.69, 9.17) is 9.15 Å². The summed E-state index contributed by atoms with van der Waals surface area (Å²) < 4.78 is 52.8. The number of nitrogens with zero attached hydrogens (tertiary/aromatic N) is 5. The molecule has 0 spiro atoms. The molecule has 2 aromatic heterocycles. The number of oxazole rings is 1. The summed E-state index contributed by atoms with van der Waals surface area (Å²) in [7, 11) is 0. The van der Waals surface area contributed by atoms with Gasteiger partial charge in [-0.1, -0.05) is 48.2 Å². The zero-order valence-corrected chi connectivity index (χ0v) is 22.2. The molecular weight excluding hydrogens is 545 g/mol. The van der Waals surface area contributed by atoms with Gasteiger partial charge in [0.1, 0.15) is 12.1 Å². The highest BCUT2D eigenvalue weighted by atomic mass is 32.2. The van der Waals surface area contributed by atoms with E-state index in [0.29, 0.717) is 49.4 Å². The molecule has 0 saturated carbocycles. The molecule has 210 valence electrons. The Morgan fingerprint density at radius 3 is 2.62 bits per heavy atom. The zero-order chi connectivity index (χ0) is 28.0. The topological polar surface area (TPSA) is 98.3 Å². The smallest absolute Gasteiger partial charge is 0.416 e. The van der Waals surface area contributed by atoms with Crippen LogP contribution in [-0.4, -0.2) is 69.9 Å². The van der Waals surface area contributed by atoms with Crippen LogP contribution in [0.2, 0.25) is 0 Å². The van der Waals surface area contributed by atoms with Gasteiger partial charge < -0.3 is 14.5 Å². The Bertz CT molecular complexity index is 1420. The minimum Gasteiger partial charge on any atom is -0.447 e. The monoisotopic (exact) mass is 572 g/mol. The second kappa shape index (κ2) is 12.7. The van der Waals surface area contributed by atoms with Crippen molar-refractivity contribution in [2.75, 3.05) is 39.4 Å². The number of amides is 1. The summed E-state index contributed by atoms with van der Waals surface area (Å²) in [6.45, 7) is 4.23. The number of carbonyl (C=O) groups excluding carboxylic acids is 1. The van der Waals surface area contributed by atoms with E-state index >= 15 is 0 Å². The summed E-state index contributed by atoms with van der Waals surface area (Å²) in [4.78, 5) is 19.0. The number of hydrogen-bond acceptors (Lipinski definition) is 8. The third-order valence-corrected chi connectivity index (χ3v) is 7.18. The number of alkyl halides is 3. The van der Waals surface area contributed by atoms with Crippen molar-refractivity contribution in [1.29, 1.82) is 0 Å². The summed E-state index contributed by atoms with van der Waals surface area (Å²) in [6.07, 6.45) is -2.83. The molecule has 1 saturated heterocycles. The highest BCUT2D eigenvalue weighted by Gasteiger charge is 2.31. The van der Waals surface area contributed by atoms with Gasteiger partial charge in [0.25, 0.3) is 5.91 Å². The lowest BCUT2D eigenvalue weighted by Crippen LogP contribution is -2.41. The van der Waals surface area contributed by atoms with Crippen molar-refractivity contribution in [1.82, 2.24) is 30.0 Å². The zero-order valence-electron chi connectivity index (χ0n) is 21.4. The van der Waals surface area contributed by atoms with Crippen LogP contribution in [0.25, 0.3) is 5.69 Å². The number of ether oxygens (including phenoxy) is 1. The number of thioether (sulfide) groups is 1. The minimum atomic E-state index is -4.49. The number of carbonyl (C=O) groups is 1. The van der Waals surface area contributed by atoms with Crippen molar-refractivity contribution in [3.05, 3.63) is 89.4 Å². The average Bonchev–Trinajstić information content (AvgIpc) is 3.60. The first-order chi connectivity index (χ1) is 19.4. The van der Waals surface area contributed by atoms with E-state index in [1.54, 1.807) is 10.6 Å². The fourth-order valence-corrected chi connectivity index (χ4v) is 5.04. The molecule has 1 aliphatic heterocycles. The fraction of sp³-hybridized carbons (Fsp3) is 0.333. The maximum atomic E-state index is 13.5. The lowest BCUT2D eigenvalue weighted by Gasteiger charge is -2.26. The molecule has 1 aliphatic rings. The van der Waals surface area contributed by atoms with Crippen LogP contribution >= 0.6 is 11.8 Å². The van der Waals surface area contributed by atoms with E-state index in [9.17, 15) is 18.0 Å². The molecule has 13 heteroatoms. The van der Waals surface area contributed by atoms with E-state index in [1.807, 2.05) is 30.3 Å². The first kappa shape index (κ1) is 27.9. The van der Waals surface area contributed by atoms with Gasteiger partial charge in [-0.3, -0.25) is 14.3 Å². The number of rotatable bonds is 10. The molecule has 9 nitrogen and oxygen atoms in total. The Kier molecular flexibility index (Phi) is 8.82. The van der Waals surface area contributed by atoms with Crippen LogP contribution in [0.4, 0.5) is 13.2 Å². The highest BCUT2D eigenvalue weighted by molar-refractivity contribution is 7.98. The van der Waals surface area contributed by atoms with Gasteiger partial charge in [-0.05, 0) is 23.8 Å². The standard InChI is InChI=1S/C27H27F3N6O3S/c28-27(29,30)20-7-4-8-21(16-20)36-23(15-19-5-2-1-3-6-19)33-34-26(36)40-18-24-32-22(17-39-24)25(37)31-9-10-35-11-13-38-14-12-35/h1-8,16-17H,9-15,18H2,(H,31,37). The summed E-state index contributed by atoms with van der Waals surface area (Å²) in [5.74, 6) is 0.626. The molecule has 3 heterocycles. The summed E-state index contributed by atoms with van der Waals surface area (Å²) in [5.41, 5.74) is 0.622. The van der Waals surface area contributed by atoms with E-state index < -0.39 is 11.7 Å². The third-order valence-electron chi connectivity index (χ3n) is 6.26. The van der Waals surface area contributed by atoms with Gasteiger partial charge in [0.15, 0.2) is 10.9 Å². The van der Waals surface area contributed by atoms with Crippen LogP contribution in [0.5, 0.6) is 0 Å². The van der Waals surface area contributed by atoms with Gasteiger partial charge in [-0.15, -0.1) is 10.2 Å². The number of morpholine rings is 1. The van der Waals surface area contributed by atoms with E-state index in [0.717, 1.165) is 30.8 Å². The van der Waals surface area contributed by atoms with Crippen molar-refractivity contribution >= 4 is 17.7 Å². The fourth-order valence-electron chi connectivity index (χ4n) is 4.22. The van der Waals surface area contributed by atoms with Crippen LogP contribution in [0.1, 0.15) is 33.3 Å². The molecule has 2 aromatic carbocycles. The number of hydrogen-bond donors (Lipinski definition) is 1. The molecule has 0 aliphatic carbocycles. The lowest BCUT2D eigenvalue weighted by atomic mass is 10.1. The highest BCUT2D eigenvalue weighted by Crippen LogP contribution is 2.32. The van der Waals surface area contributed by atoms with Crippen LogP contribution in [0, 0.1) is 0 Å². The van der Waals surface area contributed by atoms with Gasteiger partial charge >= 0.3 is 6.18 Å². The molecule has 0 bridgehead atoms. The van der Waals surface area contributed by atoms with Crippen molar-refractivity contribution in [3.8, 4) is 5.69 Å². The number of halogens is 3. The number of benzene rings is 2. The molecule has 5 rings (SSSR count). The van der Waals surface area contributed by atoms with Crippen LogP contribution in [-0.2, 0) is 23.1 Å². The molecule has 1 fully saturated rings. The maximum Gasteiger partial charge on any atom is 0.416 e. The Balaban J connectivity index is 1.29. The summed E-state index contributed by atoms with van der Waals surface area (Å²) >= 11 is 1.20. The second-order valence-electron chi connectivity index (χ2n) is 9.07. The Morgan fingerprint density at radius 1 is 1.05 bits per heavy atom. The first-order valence-corrected chi connectivity index (χ1v) is 13.7. The molecule has 1 N–H and O–H groups in total. The Hall–Kier alpha value is -3.68. The van der Waals surface area contributed by atoms with E-state index in [1.165, 1.54) is 24.1 Å². The summed E-state index contributed by atoms with van der Waals surface area (Å²) in [5, 5.41) is 11.8. The van der Waals surface area contributed by atoms with Crippen LogP contribution in [0.3, 0.4) is 0 Å². The number of nitrogens with one attached hydrogen (secondary N) is 1. The largest absolute Gasteiger partial charge is 0.447 e. The molecule has 0 atom stereocenters. The molecule has 0 radical (unpaired) electrons.